The third-order valence-electron chi connectivity index (χ3n) is 3.29. The van der Waals surface area contributed by atoms with Crippen molar-refractivity contribution in [2.24, 2.45) is 0 Å². The number of fused-ring (bicyclic) bond motifs is 3. The Morgan fingerprint density at radius 2 is 1.80 bits per heavy atom. The maximum Gasteiger partial charge on any atom is 0.347 e. The Kier molecular flexibility index (Phi) is 2.64. The van der Waals surface area contributed by atoms with Gasteiger partial charge in [-0.25, -0.2) is 9.59 Å². The van der Waals surface area contributed by atoms with Crippen molar-refractivity contribution in [2.75, 3.05) is 19.0 Å². The van der Waals surface area contributed by atoms with Gasteiger partial charge in [0.05, 0.1) is 5.39 Å². The summed E-state index contributed by atoms with van der Waals surface area (Å²) in [5.74, 6) is 0. The Bertz CT molecular complexity index is 934. The topological polar surface area (TPSA) is 63.7 Å². The second kappa shape index (κ2) is 4.23. The van der Waals surface area contributed by atoms with E-state index in [1.165, 1.54) is 6.07 Å². The summed E-state index contributed by atoms with van der Waals surface area (Å²) in [5, 5.41) is 0.931. The molecule has 0 aliphatic carbocycles. The number of nitrogens with zero attached hydrogens (tertiary/aromatic N) is 1. The van der Waals surface area contributed by atoms with Crippen LogP contribution < -0.4 is 16.2 Å². The van der Waals surface area contributed by atoms with Gasteiger partial charge in [0.1, 0.15) is 11.0 Å². The summed E-state index contributed by atoms with van der Waals surface area (Å²) in [5.41, 5.74) is 1.18. The zero-order chi connectivity index (χ0) is 14.4. The zero-order valence-electron chi connectivity index (χ0n) is 11.4. The van der Waals surface area contributed by atoms with Gasteiger partial charge in [-0.15, -0.1) is 0 Å². The summed E-state index contributed by atoms with van der Waals surface area (Å²) in [6.07, 6.45) is 0. The molecule has 0 bridgehead atoms. The first-order valence-corrected chi connectivity index (χ1v) is 6.16. The van der Waals surface area contributed by atoms with Gasteiger partial charge in [0.15, 0.2) is 5.58 Å². The molecule has 2 aromatic heterocycles. The Morgan fingerprint density at radius 1 is 1.05 bits per heavy atom. The van der Waals surface area contributed by atoms with Crippen molar-refractivity contribution in [3.63, 3.8) is 0 Å². The molecule has 0 radical (unpaired) electrons. The molecule has 0 aliphatic heterocycles. The Hall–Kier alpha value is -2.56. The van der Waals surface area contributed by atoms with Gasteiger partial charge in [0, 0.05) is 31.9 Å². The predicted molar refractivity (Wildman–Crippen MR) is 77.6 cm³/mol. The fourth-order valence-corrected chi connectivity index (χ4v) is 2.26. The lowest BCUT2D eigenvalue weighted by molar-refractivity contribution is 0.541. The highest BCUT2D eigenvalue weighted by molar-refractivity contribution is 6.02. The Labute approximate surface area is 114 Å². The van der Waals surface area contributed by atoms with Crippen molar-refractivity contribution < 1.29 is 8.83 Å². The van der Waals surface area contributed by atoms with Crippen molar-refractivity contribution in [3.05, 3.63) is 50.7 Å². The molecular weight excluding hydrogens is 258 g/mol. The van der Waals surface area contributed by atoms with Gasteiger partial charge in [0.25, 0.3) is 0 Å². The molecule has 3 aromatic rings. The van der Waals surface area contributed by atoms with Crippen molar-refractivity contribution >= 4 is 27.6 Å². The molecule has 0 fully saturated rings. The molecule has 20 heavy (non-hydrogen) atoms. The molecule has 1 aromatic carbocycles. The third kappa shape index (κ3) is 1.79. The molecular formula is C15H13NO4. The summed E-state index contributed by atoms with van der Waals surface area (Å²) in [6.45, 7) is 1.69. The number of benzene rings is 1. The van der Waals surface area contributed by atoms with E-state index in [9.17, 15) is 9.59 Å². The number of rotatable bonds is 1. The minimum Gasteiger partial charge on any atom is -0.422 e. The molecule has 0 aliphatic rings. The smallest absolute Gasteiger partial charge is 0.347 e. The van der Waals surface area contributed by atoms with Crippen LogP contribution in [-0.4, -0.2) is 14.1 Å². The highest BCUT2D eigenvalue weighted by Crippen LogP contribution is 2.26. The van der Waals surface area contributed by atoms with Gasteiger partial charge >= 0.3 is 11.3 Å². The minimum atomic E-state index is -0.496. The number of aryl methyl sites for hydroxylation is 1. The van der Waals surface area contributed by atoms with Crippen LogP contribution in [0.4, 0.5) is 5.69 Å². The lowest BCUT2D eigenvalue weighted by Crippen LogP contribution is -2.09. The van der Waals surface area contributed by atoms with Crippen LogP contribution in [0.2, 0.25) is 0 Å². The molecule has 0 spiro atoms. The summed E-state index contributed by atoms with van der Waals surface area (Å²) < 4.78 is 10.5. The van der Waals surface area contributed by atoms with Crippen LogP contribution in [-0.2, 0) is 0 Å². The van der Waals surface area contributed by atoms with Crippen molar-refractivity contribution in [1.29, 1.82) is 0 Å². The van der Waals surface area contributed by atoms with Gasteiger partial charge < -0.3 is 13.7 Å². The SMILES string of the molecule is Cc1cc(=O)oc2c1c(=O)oc1cc(N(C)C)ccc12. The van der Waals surface area contributed by atoms with Gasteiger partial charge in [-0.2, -0.15) is 0 Å². The molecule has 0 amide bonds. The van der Waals surface area contributed by atoms with E-state index < -0.39 is 11.3 Å². The van der Waals surface area contributed by atoms with Crippen LogP contribution in [0.1, 0.15) is 5.56 Å². The lowest BCUT2D eigenvalue weighted by atomic mass is 10.1. The molecule has 2 heterocycles. The third-order valence-corrected chi connectivity index (χ3v) is 3.29. The number of anilines is 1. The van der Waals surface area contributed by atoms with Crippen molar-refractivity contribution in [3.8, 4) is 0 Å². The van der Waals surface area contributed by atoms with Gasteiger partial charge in [-0.05, 0) is 24.6 Å². The molecule has 0 atom stereocenters. The number of hydrogen-bond donors (Lipinski definition) is 0. The van der Waals surface area contributed by atoms with E-state index in [1.807, 2.05) is 25.1 Å². The first-order chi connectivity index (χ1) is 9.47. The summed E-state index contributed by atoms with van der Waals surface area (Å²) >= 11 is 0. The van der Waals surface area contributed by atoms with Gasteiger partial charge in [-0.3, -0.25) is 0 Å². The van der Waals surface area contributed by atoms with E-state index in [1.54, 1.807) is 19.1 Å². The van der Waals surface area contributed by atoms with Crippen molar-refractivity contribution in [1.82, 2.24) is 0 Å². The quantitative estimate of drug-likeness (QED) is 0.502. The normalized spacial score (nSPS) is 11.2. The number of hydrogen-bond acceptors (Lipinski definition) is 5. The molecule has 5 heteroatoms. The lowest BCUT2D eigenvalue weighted by Gasteiger charge is -2.12. The van der Waals surface area contributed by atoms with Crippen LogP contribution in [0, 0.1) is 6.92 Å². The average Bonchev–Trinajstić information content (AvgIpc) is 2.36. The highest BCUT2D eigenvalue weighted by Gasteiger charge is 2.13. The molecule has 102 valence electrons. The molecule has 0 N–H and O–H groups in total. The standard InChI is InChI=1S/C15H13NO4/c1-8-6-12(17)20-14-10-5-4-9(16(2)3)7-11(10)19-15(18)13(8)14/h4-7H,1-3H3. The fourth-order valence-electron chi connectivity index (χ4n) is 2.26. The highest BCUT2D eigenvalue weighted by atomic mass is 16.4. The summed E-state index contributed by atoms with van der Waals surface area (Å²) in [7, 11) is 3.79. The zero-order valence-corrected chi connectivity index (χ0v) is 11.4. The second-order valence-corrected chi connectivity index (χ2v) is 4.92. The fraction of sp³-hybridized carbons (Fsp3) is 0.200. The first kappa shape index (κ1) is 12.5. The van der Waals surface area contributed by atoms with E-state index in [0.29, 0.717) is 21.9 Å². The van der Waals surface area contributed by atoms with Gasteiger partial charge in [0.2, 0.25) is 0 Å². The predicted octanol–water partition coefficient (Wildman–Crippen LogP) is 2.27. The van der Waals surface area contributed by atoms with Crippen LogP contribution in [0.5, 0.6) is 0 Å². The second-order valence-electron chi connectivity index (χ2n) is 4.92. The summed E-state index contributed by atoms with van der Waals surface area (Å²) in [4.78, 5) is 25.5. The first-order valence-electron chi connectivity index (χ1n) is 6.16. The largest absolute Gasteiger partial charge is 0.422 e. The van der Waals surface area contributed by atoms with E-state index in [-0.39, 0.29) is 5.58 Å². The maximum atomic E-state index is 12.1. The van der Waals surface area contributed by atoms with Crippen LogP contribution >= 0.6 is 0 Å². The molecule has 5 nitrogen and oxygen atoms in total. The van der Waals surface area contributed by atoms with Crippen LogP contribution in [0.15, 0.2) is 42.7 Å². The monoisotopic (exact) mass is 271 g/mol. The summed E-state index contributed by atoms with van der Waals surface area (Å²) in [6, 6.07) is 6.71. The molecule has 0 unspecified atom stereocenters. The average molecular weight is 271 g/mol. The Morgan fingerprint density at radius 3 is 2.50 bits per heavy atom. The van der Waals surface area contributed by atoms with E-state index in [0.717, 1.165) is 5.69 Å². The van der Waals surface area contributed by atoms with Gasteiger partial charge in [-0.1, -0.05) is 0 Å². The molecule has 3 rings (SSSR count). The van der Waals surface area contributed by atoms with E-state index in [2.05, 4.69) is 0 Å². The van der Waals surface area contributed by atoms with E-state index in [4.69, 9.17) is 8.83 Å². The molecule has 0 saturated carbocycles. The molecule has 0 saturated heterocycles. The minimum absolute atomic E-state index is 0.284. The van der Waals surface area contributed by atoms with Crippen molar-refractivity contribution in [2.45, 2.75) is 6.92 Å². The van der Waals surface area contributed by atoms with E-state index >= 15 is 0 Å². The Balaban J connectivity index is 2.54. The van der Waals surface area contributed by atoms with Crippen LogP contribution in [0.3, 0.4) is 0 Å². The maximum absolute atomic E-state index is 12.1. The van der Waals surface area contributed by atoms with Crippen LogP contribution in [0.25, 0.3) is 21.9 Å².